The van der Waals surface area contributed by atoms with Gasteiger partial charge in [-0.15, -0.1) is 0 Å². The number of pyridine rings is 2. The van der Waals surface area contributed by atoms with E-state index in [-0.39, 0.29) is 23.4 Å². The van der Waals surface area contributed by atoms with Crippen molar-refractivity contribution in [2.45, 2.75) is 45.2 Å². The zero-order valence-electron chi connectivity index (χ0n) is 19.7. The maximum absolute atomic E-state index is 14.6. The third-order valence-corrected chi connectivity index (χ3v) is 6.06. The summed E-state index contributed by atoms with van der Waals surface area (Å²) in [5, 5.41) is 3.05. The van der Waals surface area contributed by atoms with Crippen LogP contribution in [-0.2, 0) is 4.79 Å². The first-order valence-corrected chi connectivity index (χ1v) is 11.4. The number of nitrogens with one attached hydrogen (secondary N) is 1. The van der Waals surface area contributed by atoms with Gasteiger partial charge in [0.15, 0.2) is 0 Å². The quantitative estimate of drug-likeness (QED) is 0.419. The van der Waals surface area contributed by atoms with Gasteiger partial charge in [-0.2, -0.15) is 4.39 Å². The molecule has 0 spiro atoms. The number of imidazole rings is 1. The molecule has 1 amide bonds. The molecule has 11 heteroatoms. The number of carbonyl (C=O) groups excluding carboxylic acids is 1. The highest BCUT2D eigenvalue weighted by molar-refractivity contribution is 5.94. The van der Waals surface area contributed by atoms with Gasteiger partial charge in [0.25, 0.3) is 0 Å². The molecule has 0 radical (unpaired) electrons. The highest BCUT2D eigenvalue weighted by Gasteiger charge is 2.32. The number of nitrogens with zero attached hydrogens (tertiary/aromatic N) is 7. The summed E-state index contributed by atoms with van der Waals surface area (Å²) in [4.78, 5) is 35.5. The molecule has 35 heavy (non-hydrogen) atoms. The number of anilines is 3. The smallest absolute Gasteiger partial charge is 0.241 e. The van der Waals surface area contributed by atoms with Crippen LogP contribution in [-0.4, -0.2) is 47.5 Å². The van der Waals surface area contributed by atoms with Crippen molar-refractivity contribution >= 4 is 34.4 Å². The monoisotopic (exact) mass is 475 g/mol. The molecular formula is C24H26FN9O. The van der Waals surface area contributed by atoms with Crippen molar-refractivity contribution in [2.24, 2.45) is 5.73 Å². The molecule has 1 aliphatic rings. The fourth-order valence-corrected chi connectivity index (χ4v) is 4.13. The second-order valence-corrected chi connectivity index (χ2v) is 9.33. The van der Waals surface area contributed by atoms with E-state index in [0.29, 0.717) is 41.4 Å². The molecule has 4 aromatic heterocycles. The highest BCUT2D eigenvalue weighted by atomic mass is 19.1. The average molecular weight is 476 g/mol. The zero-order valence-corrected chi connectivity index (χ0v) is 19.7. The van der Waals surface area contributed by atoms with Gasteiger partial charge in [0.05, 0.1) is 35.1 Å². The standard InChI is InChI=1S/C24H26FN9O/c1-14(2)34-13-29-21-18(34)10-17(30-22(21)25)16-6-8-27-23(31-16)32-19-5-4-15(12-28-19)33-9-7-24(3,26)11-20(33)35/h4-6,8,10,12-14H,7,9,11,26H2,1-3H3,(H,27,28,31,32). The van der Waals surface area contributed by atoms with E-state index in [9.17, 15) is 9.18 Å². The molecule has 0 bridgehead atoms. The van der Waals surface area contributed by atoms with Gasteiger partial charge in [0.1, 0.15) is 11.3 Å². The van der Waals surface area contributed by atoms with E-state index in [1.165, 1.54) is 0 Å². The Bertz CT molecular complexity index is 1400. The van der Waals surface area contributed by atoms with Crippen molar-refractivity contribution in [1.29, 1.82) is 0 Å². The first-order chi connectivity index (χ1) is 16.7. The van der Waals surface area contributed by atoms with Crippen molar-refractivity contribution in [1.82, 2.24) is 29.5 Å². The van der Waals surface area contributed by atoms with Crippen LogP contribution in [0.1, 0.15) is 39.7 Å². The van der Waals surface area contributed by atoms with Gasteiger partial charge in [0.2, 0.25) is 17.8 Å². The third kappa shape index (κ3) is 4.54. The fourth-order valence-electron chi connectivity index (χ4n) is 4.13. The van der Waals surface area contributed by atoms with E-state index >= 15 is 0 Å². The molecule has 1 atom stereocenters. The number of rotatable bonds is 5. The van der Waals surface area contributed by atoms with Crippen molar-refractivity contribution in [3.8, 4) is 11.4 Å². The van der Waals surface area contributed by atoms with E-state index in [1.807, 2.05) is 31.4 Å². The summed E-state index contributed by atoms with van der Waals surface area (Å²) in [5.74, 6) is 0.127. The molecule has 0 saturated carbocycles. The molecular weight excluding hydrogens is 449 g/mol. The topological polar surface area (TPSA) is 128 Å². The summed E-state index contributed by atoms with van der Waals surface area (Å²) in [6.07, 6.45) is 5.82. The lowest BCUT2D eigenvalue weighted by Gasteiger charge is -2.36. The van der Waals surface area contributed by atoms with Gasteiger partial charge in [-0.1, -0.05) is 0 Å². The Hall–Kier alpha value is -3.99. The zero-order chi connectivity index (χ0) is 24.7. The first kappa shape index (κ1) is 22.8. The molecule has 1 aliphatic heterocycles. The van der Waals surface area contributed by atoms with E-state index in [4.69, 9.17) is 5.73 Å². The molecule has 5 heterocycles. The number of carbonyl (C=O) groups is 1. The molecule has 5 rings (SSSR count). The second kappa shape index (κ2) is 8.66. The van der Waals surface area contributed by atoms with E-state index < -0.39 is 11.5 Å². The van der Waals surface area contributed by atoms with Crippen LogP contribution in [0.2, 0.25) is 0 Å². The van der Waals surface area contributed by atoms with Crippen molar-refractivity contribution in [3.05, 3.63) is 48.9 Å². The maximum atomic E-state index is 14.6. The van der Waals surface area contributed by atoms with Crippen LogP contribution in [0.15, 0.2) is 43.0 Å². The molecule has 1 unspecified atom stereocenters. The Morgan fingerprint density at radius 1 is 1.14 bits per heavy atom. The normalized spacial score (nSPS) is 18.5. The summed E-state index contributed by atoms with van der Waals surface area (Å²) in [7, 11) is 0. The molecule has 3 N–H and O–H groups in total. The van der Waals surface area contributed by atoms with Crippen LogP contribution < -0.4 is 16.0 Å². The molecule has 0 aromatic carbocycles. The SMILES string of the molecule is CC(C)n1cnc2c(F)nc(-c3ccnc(Nc4ccc(N5CCC(C)(N)CC5=O)cn4)n3)cc21. The largest absolute Gasteiger partial charge is 0.328 e. The predicted molar refractivity (Wildman–Crippen MR) is 131 cm³/mol. The number of piperidine rings is 1. The summed E-state index contributed by atoms with van der Waals surface area (Å²) in [6, 6.07) is 7.12. The van der Waals surface area contributed by atoms with E-state index in [0.717, 1.165) is 6.42 Å². The lowest BCUT2D eigenvalue weighted by Crippen LogP contribution is -2.51. The number of fused-ring (bicyclic) bond motifs is 1. The van der Waals surface area contributed by atoms with Gasteiger partial charge in [-0.25, -0.2) is 24.9 Å². The van der Waals surface area contributed by atoms with E-state index in [1.54, 1.807) is 41.8 Å². The predicted octanol–water partition coefficient (Wildman–Crippen LogP) is 3.59. The second-order valence-electron chi connectivity index (χ2n) is 9.33. The lowest BCUT2D eigenvalue weighted by molar-refractivity contribution is -0.120. The van der Waals surface area contributed by atoms with Crippen LogP contribution in [0.4, 0.5) is 21.8 Å². The summed E-state index contributed by atoms with van der Waals surface area (Å²) in [5.41, 5.74) is 8.05. The Morgan fingerprint density at radius 2 is 1.97 bits per heavy atom. The van der Waals surface area contributed by atoms with Crippen molar-refractivity contribution < 1.29 is 9.18 Å². The molecule has 1 fully saturated rings. The molecule has 1 saturated heterocycles. The number of nitrogens with two attached hydrogens (primary N) is 1. The number of amides is 1. The van der Waals surface area contributed by atoms with Crippen LogP contribution in [0, 0.1) is 5.95 Å². The third-order valence-electron chi connectivity index (χ3n) is 6.06. The molecule has 0 aliphatic carbocycles. The fraction of sp³-hybridized carbons (Fsp3) is 0.333. The van der Waals surface area contributed by atoms with Gasteiger partial charge >= 0.3 is 0 Å². The maximum Gasteiger partial charge on any atom is 0.241 e. The van der Waals surface area contributed by atoms with Crippen LogP contribution >= 0.6 is 0 Å². The Morgan fingerprint density at radius 3 is 2.69 bits per heavy atom. The van der Waals surface area contributed by atoms with Crippen LogP contribution in [0.25, 0.3) is 22.4 Å². The van der Waals surface area contributed by atoms with Crippen molar-refractivity contribution in [2.75, 3.05) is 16.8 Å². The summed E-state index contributed by atoms with van der Waals surface area (Å²) >= 11 is 0. The van der Waals surface area contributed by atoms with Crippen molar-refractivity contribution in [3.63, 3.8) is 0 Å². The average Bonchev–Trinajstić information content (AvgIpc) is 3.25. The van der Waals surface area contributed by atoms with Gasteiger partial charge in [0, 0.05) is 30.7 Å². The van der Waals surface area contributed by atoms with E-state index in [2.05, 4.69) is 30.2 Å². The molecule has 10 nitrogen and oxygen atoms in total. The van der Waals surface area contributed by atoms with Gasteiger partial charge in [-0.05, 0) is 51.5 Å². The number of hydrogen-bond acceptors (Lipinski definition) is 8. The van der Waals surface area contributed by atoms with Crippen LogP contribution in [0.3, 0.4) is 0 Å². The molecule has 4 aromatic rings. The van der Waals surface area contributed by atoms with Gasteiger partial charge < -0.3 is 20.5 Å². The summed E-state index contributed by atoms with van der Waals surface area (Å²) < 4.78 is 16.5. The minimum absolute atomic E-state index is 0.0182. The summed E-state index contributed by atoms with van der Waals surface area (Å²) in [6.45, 7) is 6.44. The number of hydrogen-bond donors (Lipinski definition) is 2. The van der Waals surface area contributed by atoms with Gasteiger partial charge in [-0.3, -0.25) is 4.79 Å². The Kier molecular flexibility index (Phi) is 5.64. The highest BCUT2D eigenvalue weighted by Crippen LogP contribution is 2.27. The Balaban J connectivity index is 1.37. The van der Waals surface area contributed by atoms with Crippen LogP contribution in [0.5, 0.6) is 0 Å². The number of aromatic nitrogens is 6. The molecule has 180 valence electrons. The minimum Gasteiger partial charge on any atom is -0.328 e. The number of halogens is 1. The first-order valence-electron chi connectivity index (χ1n) is 11.4. The minimum atomic E-state index is -0.649. The Labute approximate surface area is 201 Å². The lowest BCUT2D eigenvalue weighted by atomic mass is 9.90.